The average Bonchev–Trinajstić information content (AvgIpc) is 3.56. The summed E-state index contributed by atoms with van der Waals surface area (Å²) in [6.45, 7) is -0.222. The molecule has 0 saturated carbocycles. The third-order valence-corrected chi connectivity index (χ3v) is 7.86. The number of hydrogen-bond acceptors (Lipinski definition) is 11. The lowest BCUT2D eigenvalue weighted by Crippen LogP contribution is -2.42. The molecule has 14 heteroatoms. The summed E-state index contributed by atoms with van der Waals surface area (Å²) < 4.78 is 11.2. The number of carbonyl (C=O) groups is 1. The molecule has 2 heterocycles. The normalized spacial score (nSPS) is 11.8. The van der Waals surface area contributed by atoms with Crippen LogP contribution in [0.3, 0.4) is 0 Å². The number of carbonyl (C=O) groups excluding carboxylic acids is 1. The van der Waals surface area contributed by atoms with Gasteiger partial charge in [-0.05, 0) is 16.7 Å². The van der Waals surface area contributed by atoms with Gasteiger partial charge in [0.25, 0.3) is 5.91 Å². The molecule has 0 atom stereocenters. The molecule has 3 aromatic carbocycles. The highest BCUT2D eigenvalue weighted by Crippen LogP contribution is 2.40. The van der Waals surface area contributed by atoms with E-state index in [-0.39, 0.29) is 23.9 Å². The van der Waals surface area contributed by atoms with Crippen LogP contribution >= 0.6 is 11.3 Å². The van der Waals surface area contributed by atoms with Crippen molar-refractivity contribution in [1.82, 2.24) is 19.7 Å². The summed E-state index contributed by atoms with van der Waals surface area (Å²) in [5.41, 5.74) is 0.117. The highest BCUT2D eigenvalue weighted by atomic mass is 32.1. The molecule has 2 aromatic heterocycles. The summed E-state index contributed by atoms with van der Waals surface area (Å²) in [4.78, 5) is 47.9. The van der Waals surface area contributed by atoms with Gasteiger partial charge < -0.3 is 19.6 Å². The van der Waals surface area contributed by atoms with Crippen molar-refractivity contribution < 1.29 is 19.1 Å². The fourth-order valence-electron chi connectivity index (χ4n) is 4.93. The maximum atomic E-state index is 13.5. The maximum absolute atomic E-state index is 13.5. The molecule has 0 aliphatic rings. The van der Waals surface area contributed by atoms with E-state index in [2.05, 4.69) is 26.0 Å². The second kappa shape index (κ2) is 14.6. The van der Waals surface area contributed by atoms with Crippen LogP contribution in [0.1, 0.15) is 22.4 Å². The zero-order valence-electron chi connectivity index (χ0n) is 25.2. The van der Waals surface area contributed by atoms with Crippen LogP contribution in [0.25, 0.3) is 0 Å². The molecule has 0 unspecified atom stereocenters. The monoisotopic (exact) mass is 641 g/mol. The third-order valence-electron chi connectivity index (χ3n) is 7.10. The van der Waals surface area contributed by atoms with Gasteiger partial charge in [-0.3, -0.25) is 24.3 Å². The van der Waals surface area contributed by atoms with E-state index in [0.29, 0.717) is 5.13 Å². The van der Waals surface area contributed by atoms with Crippen molar-refractivity contribution >= 4 is 34.0 Å². The predicted molar refractivity (Wildman–Crippen MR) is 174 cm³/mol. The van der Waals surface area contributed by atoms with Gasteiger partial charge in [0.1, 0.15) is 18.3 Å². The highest BCUT2D eigenvalue weighted by Gasteiger charge is 2.37. The van der Waals surface area contributed by atoms with Crippen LogP contribution in [-0.2, 0) is 31.2 Å². The number of hydrogen-bond donors (Lipinski definition) is 3. The Morgan fingerprint density at radius 3 is 1.96 bits per heavy atom. The highest BCUT2D eigenvalue weighted by molar-refractivity contribution is 7.14. The van der Waals surface area contributed by atoms with Crippen LogP contribution in [0.5, 0.6) is 0 Å². The van der Waals surface area contributed by atoms with Crippen LogP contribution in [0.2, 0.25) is 0 Å². The van der Waals surface area contributed by atoms with E-state index in [1.807, 2.05) is 91.0 Å². The van der Waals surface area contributed by atoms with Crippen LogP contribution in [0, 0.1) is 0 Å². The van der Waals surface area contributed by atoms with Crippen molar-refractivity contribution in [2.75, 3.05) is 32.0 Å². The molecule has 46 heavy (non-hydrogen) atoms. The number of nitrogens with zero attached hydrogens (tertiary/aromatic N) is 4. The molecule has 236 valence electrons. The zero-order chi connectivity index (χ0) is 32.5. The molecule has 0 spiro atoms. The Kier molecular flexibility index (Phi) is 10.1. The minimum Gasteiger partial charge on any atom is -0.398 e. The summed E-state index contributed by atoms with van der Waals surface area (Å²) in [6.07, 6.45) is -0.893. The number of methoxy groups -OCH3 is 2. The number of aromatic nitrogens is 4. The summed E-state index contributed by atoms with van der Waals surface area (Å²) in [5.74, 6) is -1.06. The summed E-state index contributed by atoms with van der Waals surface area (Å²) in [7, 11) is 4.04. The van der Waals surface area contributed by atoms with E-state index in [0.717, 1.165) is 21.3 Å². The SMILES string of the molecule is CO/N=C(/C(=O)Nc1n[nH]c(=O)c(=O)n1CC(OC)OC)c1csc(NC(c2ccccc2)(c2ccccc2)c2ccccc2)n1. The fraction of sp³-hybridized carbons (Fsp3) is 0.188. The Hall–Kier alpha value is -5.44. The van der Waals surface area contributed by atoms with Gasteiger partial charge in [0.15, 0.2) is 17.1 Å². The van der Waals surface area contributed by atoms with Gasteiger partial charge in [0, 0.05) is 19.6 Å². The molecule has 0 bridgehead atoms. The molecule has 13 nitrogen and oxygen atoms in total. The van der Waals surface area contributed by atoms with Crippen molar-refractivity contribution in [2.24, 2.45) is 5.16 Å². The smallest absolute Gasteiger partial charge is 0.330 e. The van der Waals surface area contributed by atoms with E-state index < -0.39 is 28.9 Å². The van der Waals surface area contributed by atoms with Gasteiger partial charge in [0.2, 0.25) is 5.95 Å². The predicted octanol–water partition coefficient (Wildman–Crippen LogP) is 3.40. The summed E-state index contributed by atoms with van der Waals surface area (Å²) in [6, 6.07) is 30.0. The first-order valence-corrected chi connectivity index (χ1v) is 14.9. The van der Waals surface area contributed by atoms with Crippen LogP contribution < -0.4 is 21.8 Å². The largest absolute Gasteiger partial charge is 0.398 e. The Bertz CT molecular complexity index is 1810. The molecule has 0 aliphatic heterocycles. The van der Waals surface area contributed by atoms with E-state index in [9.17, 15) is 14.4 Å². The molecule has 5 aromatic rings. The topological polar surface area (TPSA) is 162 Å². The second-order valence-electron chi connectivity index (χ2n) is 9.78. The molecule has 0 saturated heterocycles. The Balaban J connectivity index is 1.53. The standard InChI is InChI=1S/C32H31N7O6S/c1-43-25(44-2)19-39-29(42)28(41)36-37-30(39)34-27(40)26(38-45-3)24-20-46-31(33-24)35-32(21-13-7-4-8-14-21,22-15-9-5-10-16-22)23-17-11-6-12-18-23/h4-18,20,25H,19H2,1-3H3,(H,33,35)(H,36,41)(H,34,37,40)/b38-26+. The Labute approximate surface area is 267 Å². The maximum Gasteiger partial charge on any atom is 0.330 e. The number of nitrogens with one attached hydrogen (secondary N) is 3. The number of aromatic amines is 1. The average molecular weight is 642 g/mol. The first kappa shape index (κ1) is 32.0. The lowest BCUT2D eigenvalue weighted by molar-refractivity contribution is -0.112. The van der Waals surface area contributed by atoms with Crippen molar-refractivity contribution in [3.63, 3.8) is 0 Å². The number of H-pyrrole nitrogens is 1. The van der Waals surface area contributed by atoms with Gasteiger partial charge in [0.05, 0.1) is 6.54 Å². The number of anilines is 2. The molecular formula is C32H31N7O6S. The number of oxime groups is 1. The van der Waals surface area contributed by atoms with E-state index in [4.69, 9.17) is 19.3 Å². The molecule has 1 amide bonds. The van der Waals surface area contributed by atoms with Crippen molar-refractivity contribution in [3.05, 3.63) is 139 Å². The van der Waals surface area contributed by atoms with Gasteiger partial charge in [-0.25, -0.2) is 10.1 Å². The minimum atomic E-state index is -0.983. The fourth-order valence-corrected chi connectivity index (χ4v) is 5.68. The minimum absolute atomic E-state index is 0.194. The lowest BCUT2D eigenvalue weighted by atomic mass is 9.77. The molecule has 5 rings (SSSR count). The van der Waals surface area contributed by atoms with E-state index >= 15 is 0 Å². The van der Waals surface area contributed by atoms with Crippen LogP contribution in [0.15, 0.2) is 111 Å². The van der Waals surface area contributed by atoms with Crippen molar-refractivity contribution in [2.45, 2.75) is 18.4 Å². The Morgan fingerprint density at radius 1 is 0.913 bits per heavy atom. The van der Waals surface area contributed by atoms with Crippen LogP contribution in [0.4, 0.5) is 11.1 Å². The zero-order valence-corrected chi connectivity index (χ0v) is 26.0. The quantitative estimate of drug-likeness (QED) is 0.0575. The molecule has 0 aliphatic carbocycles. The van der Waals surface area contributed by atoms with Crippen molar-refractivity contribution in [1.29, 1.82) is 0 Å². The lowest BCUT2D eigenvalue weighted by Gasteiger charge is -2.36. The second-order valence-corrected chi connectivity index (χ2v) is 10.6. The van der Waals surface area contributed by atoms with E-state index in [1.165, 1.54) is 32.7 Å². The molecule has 3 N–H and O–H groups in total. The van der Waals surface area contributed by atoms with Crippen molar-refractivity contribution in [3.8, 4) is 0 Å². The molecule has 0 fully saturated rings. The number of ether oxygens (including phenoxy) is 2. The van der Waals surface area contributed by atoms with Gasteiger partial charge in [-0.1, -0.05) is 96.2 Å². The summed E-state index contributed by atoms with van der Waals surface area (Å²) in [5, 5.41) is 18.2. The number of benzene rings is 3. The molecular weight excluding hydrogens is 610 g/mol. The first-order valence-electron chi connectivity index (χ1n) is 14.0. The first-order chi connectivity index (χ1) is 22.4. The number of rotatable bonds is 13. The van der Waals surface area contributed by atoms with Gasteiger partial charge in [-0.15, -0.1) is 16.4 Å². The third kappa shape index (κ3) is 6.63. The van der Waals surface area contributed by atoms with Crippen LogP contribution in [-0.4, -0.2) is 59.0 Å². The number of amides is 1. The van der Waals surface area contributed by atoms with Gasteiger partial charge >= 0.3 is 11.1 Å². The number of thiazole rings is 1. The van der Waals surface area contributed by atoms with E-state index in [1.54, 1.807) is 5.38 Å². The molecule has 0 radical (unpaired) electrons. The Morgan fingerprint density at radius 2 is 1.46 bits per heavy atom. The van der Waals surface area contributed by atoms with Gasteiger partial charge in [-0.2, -0.15) is 0 Å². The summed E-state index contributed by atoms with van der Waals surface area (Å²) >= 11 is 1.27.